The molecule has 0 radical (unpaired) electrons. The zero-order valence-corrected chi connectivity index (χ0v) is 17.0. The number of carbonyl (C=O) groups is 2. The van der Waals surface area contributed by atoms with E-state index in [1.54, 1.807) is 25.1 Å². The van der Waals surface area contributed by atoms with Crippen molar-refractivity contribution in [2.45, 2.75) is 52.2 Å². The zero-order valence-electron chi connectivity index (χ0n) is 17.0. The Bertz CT molecular complexity index is 854. The first-order valence-electron chi connectivity index (χ1n) is 9.69. The van der Waals surface area contributed by atoms with E-state index in [1.807, 2.05) is 44.2 Å². The van der Waals surface area contributed by atoms with Crippen LogP contribution in [0.4, 0.5) is 5.69 Å². The van der Waals surface area contributed by atoms with E-state index < -0.39 is 11.0 Å². The highest BCUT2D eigenvalue weighted by Gasteiger charge is 2.28. The molecule has 154 valence electrons. The summed E-state index contributed by atoms with van der Waals surface area (Å²) in [6, 6.07) is 14.8. The minimum absolute atomic E-state index is 0.00571. The second-order valence-corrected chi connectivity index (χ2v) is 7.06. The molecule has 0 aromatic heterocycles. The van der Waals surface area contributed by atoms with Gasteiger partial charge in [-0.3, -0.25) is 19.7 Å². The number of benzene rings is 2. The molecule has 0 saturated heterocycles. The molecule has 0 fully saturated rings. The first kappa shape index (κ1) is 22.1. The fraction of sp³-hybridized carbons (Fsp3) is 0.364. The molecule has 7 nitrogen and oxygen atoms in total. The zero-order chi connectivity index (χ0) is 21.4. The lowest BCUT2D eigenvalue weighted by atomic mass is 10.1. The Morgan fingerprint density at radius 2 is 1.69 bits per heavy atom. The number of hydrogen-bond acceptors (Lipinski definition) is 4. The standard InChI is InChI=1S/C22H27N3O4/c1-4-16(2)23-22(27)17(3)24(15-18-10-6-5-7-11-18)21(26)14-19-12-8-9-13-20(19)25(28)29/h5-13,16-17H,4,14-15H2,1-3H3,(H,23,27)/t16-,17+/m0/s1. The number of hydrogen-bond donors (Lipinski definition) is 1. The first-order chi connectivity index (χ1) is 13.8. The third-order valence-electron chi connectivity index (χ3n) is 4.89. The molecular formula is C22H27N3O4. The highest BCUT2D eigenvalue weighted by atomic mass is 16.6. The van der Waals surface area contributed by atoms with Crippen LogP contribution in [0.2, 0.25) is 0 Å². The molecule has 0 aliphatic rings. The largest absolute Gasteiger partial charge is 0.352 e. The molecule has 0 aliphatic carbocycles. The monoisotopic (exact) mass is 397 g/mol. The number of nitro groups is 1. The van der Waals surface area contributed by atoms with E-state index in [1.165, 1.54) is 11.0 Å². The van der Waals surface area contributed by atoms with Crippen LogP contribution in [0.15, 0.2) is 54.6 Å². The number of nitrogens with one attached hydrogen (secondary N) is 1. The Kier molecular flexibility index (Phi) is 7.88. The lowest BCUT2D eigenvalue weighted by Crippen LogP contribution is -2.49. The number of amides is 2. The fourth-order valence-corrected chi connectivity index (χ4v) is 2.93. The minimum atomic E-state index is -0.709. The van der Waals surface area contributed by atoms with E-state index in [9.17, 15) is 19.7 Å². The summed E-state index contributed by atoms with van der Waals surface area (Å²) in [5.74, 6) is -0.582. The number of nitrogens with zero attached hydrogens (tertiary/aromatic N) is 2. The molecule has 2 aromatic rings. The van der Waals surface area contributed by atoms with Gasteiger partial charge in [0, 0.05) is 24.2 Å². The van der Waals surface area contributed by atoms with Crippen LogP contribution in [0.1, 0.15) is 38.3 Å². The van der Waals surface area contributed by atoms with E-state index in [2.05, 4.69) is 5.32 Å². The maximum absolute atomic E-state index is 13.1. The fourth-order valence-electron chi connectivity index (χ4n) is 2.93. The summed E-state index contributed by atoms with van der Waals surface area (Å²) in [6.07, 6.45) is 0.631. The smallest absolute Gasteiger partial charge is 0.273 e. The summed E-state index contributed by atoms with van der Waals surface area (Å²) in [7, 11) is 0. The van der Waals surface area contributed by atoms with Crippen molar-refractivity contribution in [1.29, 1.82) is 0 Å². The molecule has 0 heterocycles. The molecule has 0 aliphatic heterocycles. The lowest BCUT2D eigenvalue weighted by Gasteiger charge is -2.29. The number of carbonyl (C=O) groups excluding carboxylic acids is 2. The molecule has 29 heavy (non-hydrogen) atoms. The van der Waals surface area contributed by atoms with Crippen LogP contribution in [0.5, 0.6) is 0 Å². The van der Waals surface area contributed by atoms with E-state index in [0.29, 0.717) is 5.56 Å². The molecule has 0 spiro atoms. The predicted molar refractivity (Wildman–Crippen MR) is 111 cm³/mol. The van der Waals surface area contributed by atoms with Gasteiger partial charge in [0.25, 0.3) is 5.69 Å². The van der Waals surface area contributed by atoms with E-state index >= 15 is 0 Å². The summed E-state index contributed by atoms with van der Waals surface area (Å²) in [6.45, 7) is 5.80. The van der Waals surface area contributed by atoms with Gasteiger partial charge in [0.2, 0.25) is 11.8 Å². The summed E-state index contributed by atoms with van der Waals surface area (Å²) in [5.41, 5.74) is 1.11. The predicted octanol–water partition coefficient (Wildman–Crippen LogP) is 3.47. The first-order valence-corrected chi connectivity index (χ1v) is 9.69. The third kappa shape index (κ3) is 6.14. The second kappa shape index (κ2) is 10.4. The topological polar surface area (TPSA) is 92.6 Å². The van der Waals surface area contributed by atoms with E-state index in [0.717, 1.165) is 12.0 Å². The van der Waals surface area contributed by atoms with Crippen molar-refractivity contribution in [2.24, 2.45) is 0 Å². The van der Waals surface area contributed by atoms with Gasteiger partial charge in [0.1, 0.15) is 6.04 Å². The van der Waals surface area contributed by atoms with Gasteiger partial charge in [-0.1, -0.05) is 55.5 Å². The molecule has 2 aromatic carbocycles. The minimum Gasteiger partial charge on any atom is -0.352 e. The average Bonchev–Trinajstić information content (AvgIpc) is 2.72. The van der Waals surface area contributed by atoms with Gasteiger partial charge in [0.15, 0.2) is 0 Å². The Balaban J connectivity index is 2.27. The lowest BCUT2D eigenvalue weighted by molar-refractivity contribution is -0.385. The van der Waals surface area contributed by atoms with Crippen LogP contribution in [-0.2, 0) is 22.6 Å². The van der Waals surface area contributed by atoms with Gasteiger partial charge in [-0.25, -0.2) is 0 Å². The van der Waals surface area contributed by atoms with Crippen molar-refractivity contribution >= 4 is 17.5 Å². The molecule has 0 unspecified atom stereocenters. The quantitative estimate of drug-likeness (QED) is 0.518. The van der Waals surface area contributed by atoms with Gasteiger partial charge in [-0.05, 0) is 25.8 Å². The summed E-state index contributed by atoms with van der Waals surface area (Å²) in [5, 5.41) is 14.2. The van der Waals surface area contributed by atoms with Crippen molar-refractivity contribution in [3.8, 4) is 0 Å². The maximum Gasteiger partial charge on any atom is 0.273 e. The number of para-hydroxylation sites is 1. The van der Waals surface area contributed by atoms with Crippen LogP contribution in [-0.4, -0.2) is 33.7 Å². The van der Waals surface area contributed by atoms with Crippen molar-refractivity contribution in [1.82, 2.24) is 10.2 Å². The van der Waals surface area contributed by atoms with Gasteiger partial charge < -0.3 is 10.2 Å². The van der Waals surface area contributed by atoms with Gasteiger partial charge >= 0.3 is 0 Å². The molecule has 0 bridgehead atoms. The molecule has 2 atom stereocenters. The third-order valence-corrected chi connectivity index (χ3v) is 4.89. The van der Waals surface area contributed by atoms with Crippen LogP contribution >= 0.6 is 0 Å². The summed E-state index contributed by atoms with van der Waals surface area (Å²) >= 11 is 0. The van der Waals surface area contributed by atoms with Crippen molar-refractivity contribution in [3.63, 3.8) is 0 Å². The van der Waals surface area contributed by atoms with Crippen LogP contribution in [0.25, 0.3) is 0 Å². The van der Waals surface area contributed by atoms with Gasteiger partial charge in [-0.2, -0.15) is 0 Å². The second-order valence-electron chi connectivity index (χ2n) is 7.06. The van der Waals surface area contributed by atoms with Crippen molar-refractivity contribution < 1.29 is 14.5 Å². The number of rotatable bonds is 9. The summed E-state index contributed by atoms with van der Waals surface area (Å²) in [4.78, 5) is 38.0. The normalized spacial score (nSPS) is 12.7. The van der Waals surface area contributed by atoms with Crippen molar-refractivity contribution in [3.05, 3.63) is 75.8 Å². The molecule has 2 amide bonds. The molecule has 2 rings (SSSR count). The van der Waals surface area contributed by atoms with Crippen LogP contribution in [0.3, 0.4) is 0 Å². The summed E-state index contributed by atoms with van der Waals surface area (Å²) < 4.78 is 0. The average molecular weight is 397 g/mol. The van der Waals surface area contributed by atoms with Crippen molar-refractivity contribution in [2.75, 3.05) is 0 Å². The Morgan fingerprint density at radius 3 is 2.31 bits per heavy atom. The molecule has 1 N–H and O–H groups in total. The van der Waals surface area contributed by atoms with E-state index in [4.69, 9.17) is 0 Å². The van der Waals surface area contributed by atoms with Gasteiger partial charge in [-0.15, -0.1) is 0 Å². The SMILES string of the molecule is CC[C@H](C)NC(=O)[C@@H](C)N(Cc1ccccc1)C(=O)Cc1ccccc1[N+](=O)[O-]. The molecule has 0 saturated carbocycles. The Morgan fingerprint density at radius 1 is 1.07 bits per heavy atom. The molecule has 7 heteroatoms. The Labute approximate surface area is 170 Å². The van der Waals surface area contributed by atoms with Crippen LogP contribution in [0, 0.1) is 10.1 Å². The maximum atomic E-state index is 13.1. The van der Waals surface area contributed by atoms with E-state index in [-0.39, 0.29) is 36.5 Å². The van der Waals surface area contributed by atoms with Crippen LogP contribution < -0.4 is 5.32 Å². The highest BCUT2D eigenvalue weighted by molar-refractivity contribution is 5.88. The number of nitro benzene ring substituents is 1. The van der Waals surface area contributed by atoms with Gasteiger partial charge in [0.05, 0.1) is 11.3 Å². The molecular weight excluding hydrogens is 370 g/mol. The highest BCUT2D eigenvalue weighted by Crippen LogP contribution is 2.20. The Hall–Kier alpha value is -3.22.